The van der Waals surface area contributed by atoms with Gasteiger partial charge in [-0.05, 0) is 35.9 Å². The molecule has 2 aromatic carbocycles. The van der Waals surface area contributed by atoms with E-state index in [1.165, 1.54) is 0 Å². The molecule has 20 heavy (non-hydrogen) atoms. The van der Waals surface area contributed by atoms with Crippen molar-refractivity contribution in [3.05, 3.63) is 42.0 Å². The summed E-state index contributed by atoms with van der Waals surface area (Å²) in [4.78, 5) is 4.41. The lowest BCUT2D eigenvalue weighted by molar-refractivity contribution is 0.282. The second-order valence-corrected chi connectivity index (χ2v) is 4.44. The van der Waals surface area contributed by atoms with Crippen LogP contribution in [-0.4, -0.2) is 17.2 Å². The van der Waals surface area contributed by atoms with E-state index in [0.717, 1.165) is 11.1 Å². The Morgan fingerprint density at radius 1 is 1.25 bits per heavy atom. The lowest BCUT2D eigenvalue weighted by atomic mass is 10.2. The Balaban J connectivity index is 2.07. The first kappa shape index (κ1) is 12.5. The van der Waals surface area contributed by atoms with Crippen LogP contribution in [0.4, 0.5) is 5.69 Å². The Bertz CT molecular complexity index is 765. The number of nitrogen functional groups attached to an aromatic ring is 1. The molecule has 0 saturated carbocycles. The molecule has 0 saturated heterocycles. The van der Waals surface area contributed by atoms with Crippen molar-refractivity contribution in [1.29, 1.82) is 0 Å². The lowest BCUT2D eigenvalue weighted by Gasteiger charge is -2.04. The SMILES string of the molecule is COc1ccc(-c2nc3cc(CO)ccc3o2)cc1N. The van der Waals surface area contributed by atoms with Crippen molar-refractivity contribution in [3.63, 3.8) is 0 Å². The number of aliphatic hydroxyl groups is 1. The van der Waals surface area contributed by atoms with E-state index in [9.17, 15) is 0 Å². The molecule has 0 atom stereocenters. The monoisotopic (exact) mass is 270 g/mol. The van der Waals surface area contributed by atoms with Crippen LogP contribution in [0.1, 0.15) is 5.56 Å². The van der Waals surface area contributed by atoms with E-state index in [-0.39, 0.29) is 6.61 Å². The number of fused-ring (bicyclic) bond motifs is 1. The first-order valence-corrected chi connectivity index (χ1v) is 6.15. The molecule has 1 aromatic heterocycles. The summed E-state index contributed by atoms with van der Waals surface area (Å²) >= 11 is 0. The molecule has 102 valence electrons. The predicted molar refractivity (Wildman–Crippen MR) is 76.3 cm³/mol. The van der Waals surface area contributed by atoms with Gasteiger partial charge in [0.1, 0.15) is 11.3 Å². The van der Waals surface area contributed by atoms with Crippen LogP contribution in [0.2, 0.25) is 0 Å². The maximum absolute atomic E-state index is 9.13. The quantitative estimate of drug-likeness (QED) is 0.715. The van der Waals surface area contributed by atoms with E-state index < -0.39 is 0 Å². The molecular formula is C15H14N2O3. The maximum Gasteiger partial charge on any atom is 0.227 e. The fourth-order valence-corrected chi connectivity index (χ4v) is 2.06. The normalized spacial score (nSPS) is 10.9. The van der Waals surface area contributed by atoms with Crippen molar-refractivity contribution in [1.82, 2.24) is 4.98 Å². The molecule has 0 amide bonds. The highest BCUT2D eigenvalue weighted by atomic mass is 16.5. The molecule has 3 N–H and O–H groups in total. The Hall–Kier alpha value is -2.53. The third-order valence-electron chi connectivity index (χ3n) is 3.11. The number of aliphatic hydroxyl groups excluding tert-OH is 1. The van der Waals surface area contributed by atoms with Crippen LogP contribution < -0.4 is 10.5 Å². The minimum atomic E-state index is -0.0202. The van der Waals surface area contributed by atoms with Gasteiger partial charge in [-0.3, -0.25) is 0 Å². The minimum Gasteiger partial charge on any atom is -0.495 e. The zero-order valence-electron chi connectivity index (χ0n) is 11.0. The number of benzene rings is 2. The van der Waals surface area contributed by atoms with Crippen molar-refractivity contribution >= 4 is 16.8 Å². The van der Waals surface area contributed by atoms with Crippen molar-refractivity contribution < 1.29 is 14.3 Å². The van der Waals surface area contributed by atoms with Gasteiger partial charge in [0, 0.05) is 5.56 Å². The number of methoxy groups -OCH3 is 1. The Labute approximate surface area is 115 Å². The summed E-state index contributed by atoms with van der Waals surface area (Å²) in [5.74, 6) is 1.11. The molecular weight excluding hydrogens is 256 g/mol. The summed E-state index contributed by atoms with van der Waals surface area (Å²) in [6.45, 7) is -0.0202. The van der Waals surface area contributed by atoms with Gasteiger partial charge in [0.05, 0.1) is 19.4 Å². The van der Waals surface area contributed by atoms with E-state index in [0.29, 0.717) is 28.4 Å². The van der Waals surface area contributed by atoms with Gasteiger partial charge in [0.2, 0.25) is 5.89 Å². The number of ether oxygens (including phenoxy) is 1. The van der Waals surface area contributed by atoms with Crippen LogP contribution in [0.15, 0.2) is 40.8 Å². The largest absolute Gasteiger partial charge is 0.495 e. The number of aromatic nitrogens is 1. The molecule has 3 rings (SSSR count). The number of nitrogens with zero attached hydrogens (tertiary/aromatic N) is 1. The molecule has 0 aliphatic rings. The maximum atomic E-state index is 9.13. The van der Waals surface area contributed by atoms with Crippen LogP contribution in [0, 0.1) is 0 Å². The Morgan fingerprint density at radius 3 is 2.80 bits per heavy atom. The molecule has 0 aliphatic heterocycles. The molecule has 5 heteroatoms. The number of anilines is 1. The van der Waals surface area contributed by atoms with Gasteiger partial charge in [-0.15, -0.1) is 0 Å². The minimum absolute atomic E-state index is 0.0202. The fourth-order valence-electron chi connectivity index (χ4n) is 2.06. The van der Waals surface area contributed by atoms with Crippen molar-refractivity contribution in [3.8, 4) is 17.2 Å². The summed E-state index contributed by atoms with van der Waals surface area (Å²) in [6.07, 6.45) is 0. The van der Waals surface area contributed by atoms with E-state index in [2.05, 4.69) is 4.98 Å². The van der Waals surface area contributed by atoms with Crippen LogP contribution in [-0.2, 0) is 6.61 Å². The van der Waals surface area contributed by atoms with Crippen molar-refractivity contribution in [2.75, 3.05) is 12.8 Å². The smallest absolute Gasteiger partial charge is 0.227 e. The standard InChI is InChI=1S/C15H14N2O3/c1-19-13-5-3-10(7-11(13)16)15-17-12-6-9(8-18)2-4-14(12)20-15/h2-7,18H,8,16H2,1H3. The molecule has 0 fully saturated rings. The number of rotatable bonds is 3. The summed E-state index contributed by atoms with van der Waals surface area (Å²) in [5, 5.41) is 9.13. The second-order valence-electron chi connectivity index (χ2n) is 4.44. The molecule has 0 spiro atoms. The molecule has 0 bridgehead atoms. The van der Waals surface area contributed by atoms with Gasteiger partial charge in [-0.1, -0.05) is 6.07 Å². The average molecular weight is 270 g/mol. The van der Waals surface area contributed by atoms with Crippen LogP contribution in [0.3, 0.4) is 0 Å². The molecule has 5 nitrogen and oxygen atoms in total. The Morgan fingerprint density at radius 2 is 2.10 bits per heavy atom. The van der Waals surface area contributed by atoms with E-state index >= 15 is 0 Å². The van der Waals surface area contributed by atoms with Gasteiger partial charge >= 0.3 is 0 Å². The molecule has 0 radical (unpaired) electrons. The second kappa shape index (κ2) is 4.86. The van der Waals surface area contributed by atoms with Gasteiger partial charge in [0.15, 0.2) is 5.58 Å². The molecule has 1 heterocycles. The van der Waals surface area contributed by atoms with Crippen molar-refractivity contribution in [2.45, 2.75) is 6.61 Å². The highest BCUT2D eigenvalue weighted by Gasteiger charge is 2.10. The number of oxazole rings is 1. The lowest BCUT2D eigenvalue weighted by Crippen LogP contribution is -1.92. The number of nitrogens with two attached hydrogens (primary N) is 1. The highest BCUT2D eigenvalue weighted by molar-refractivity contribution is 5.77. The molecule has 3 aromatic rings. The zero-order valence-corrected chi connectivity index (χ0v) is 11.0. The first-order chi connectivity index (χ1) is 9.71. The summed E-state index contributed by atoms with van der Waals surface area (Å²) in [6, 6.07) is 10.8. The van der Waals surface area contributed by atoms with Gasteiger partial charge in [0.25, 0.3) is 0 Å². The highest BCUT2D eigenvalue weighted by Crippen LogP contribution is 2.30. The topological polar surface area (TPSA) is 81.5 Å². The molecule has 0 unspecified atom stereocenters. The first-order valence-electron chi connectivity index (χ1n) is 6.15. The number of hydrogen-bond donors (Lipinski definition) is 2. The van der Waals surface area contributed by atoms with E-state index in [1.54, 1.807) is 37.4 Å². The summed E-state index contributed by atoms with van der Waals surface area (Å²) < 4.78 is 10.8. The zero-order chi connectivity index (χ0) is 14.1. The van der Waals surface area contributed by atoms with Crippen LogP contribution in [0.5, 0.6) is 5.75 Å². The summed E-state index contributed by atoms with van der Waals surface area (Å²) in [7, 11) is 1.57. The third kappa shape index (κ3) is 2.08. The fraction of sp³-hybridized carbons (Fsp3) is 0.133. The molecule has 0 aliphatic carbocycles. The van der Waals surface area contributed by atoms with Crippen LogP contribution >= 0.6 is 0 Å². The predicted octanol–water partition coefficient (Wildman–Crippen LogP) is 2.58. The van der Waals surface area contributed by atoms with Crippen LogP contribution in [0.25, 0.3) is 22.6 Å². The van der Waals surface area contributed by atoms with Gasteiger partial charge in [-0.25, -0.2) is 4.98 Å². The van der Waals surface area contributed by atoms with Gasteiger partial charge < -0.3 is 20.0 Å². The average Bonchev–Trinajstić information content (AvgIpc) is 2.89. The number of hydrogen-bond acceptors (Lipinski definition) is 5. The summed E-state index contributed by atoms with van der Waals surface area (Å²) in [5.41, 5.74) is 9.37. The Kier molecular flexibility index (Phi) is 3.04. The third-order valence-corrected chi connectivity index (χ3v) is 3.11. The van der Waals surface area contributed by atoms with E-state index in [4.69, 9.17) is 20.0 Å². The van der Waals surface area contributed by atoms with Crippen molar-refractivity contribution in [2.24, 2.45) is 0 Å². The van der Waals surface area contributed by atoms with E-state index in [1.807, 2.05) is 6.07 Å². The van der Waals surface area contributed by atoms with Gasteiger partial charge in [-0.2, -0.15) is 0 Å².